The van der Waals surface area contributed by atoms with Gasteiger partial charge < -0.3 is 5.32 Å². The van der Waals surface area contributed by atoms with Crippen LogP contribution in [-0.4, -0.2) is 35.4 Å². The highest BCUT2D eigenvalue weighted by Crippen LogP contribution is 2.26. The van der Waals surface area contributed by atoms with E-state index in [4.69, 9.17) is 11.6 Å². The Bertz CT molecular complexity index is 776. The van der Waals surface area contributed by atoms with E-state index in [1.165, 1.54) is 30.2 Å². The van der Waals surface area contributed by atoms with Gasteiger partial charge in [-0.3, -0.25) is 19.8 Å². The van der Waals surface area contributed by atoms with Crippen LogP contribution in [0.25, 0.3) is 0 Å². The monoisotopic (exact) mass is 393 g/mol. The summed E-state index contributed by atoms with van der Waals surface area (Å²) < 4.78 is 0. The summed E-state index contributed by atoms with van der Waals surface area (Å²) in [6, 6.07) is 6.08. The van der Waals surface area contributed by atoms with E-state index in [1.807, 2.05) is 5.38 Å². The summed E-state index contributed by atoms with van der Waals surface area (Å²) in [4.78, 5) is 25.4. The molecule has 0 aliphatic carbocycles. The lowest BCUT2D eigenvalue weighted by Gasteiger charge is -2.34. The van der Waals surface area contributed by atoms with Gasteiger partial charge in [0.1, 0.15) is 0 Å². The largest absolute Gasteiger partial charge is 0.350 e. The molecule has 1 amide bonds. The predicted molar refractivity (Wildman–Crippen MR) is 103 cm³/mol. The number of nitro groups is 1. The molecule has 1 atom stereocenters. The number of benzene rings is 1. The minimum atomic E-state index is -0.533. The maximum absolute atomic E-state index is 12.6. The van der Waals surface area contributed by atoms with Crippen molar-refractivity contribution in [3.8, 4) is 0 Å². The Morgan fingerprint density at radius 3 is 2.73 bits per heavy atom. The Morgan fingerprint density at radius 1 is 1.31 bits per heavy atom. The van der Waals surface area contributed by atoms with Crippen LogP contribution in [0.15, 0.2) is 35.0 Å². The zero-order valence-electron chi connectivity index (χ0n) is 14.2. The molecule has 1 aliphatic heterocycles. The molecule has 3 rings (SSSR count). The summed E-state index contributed by atoms with van der Waals surface area (Å²) in [7, 11) is 0. The highest BCUT2D eigenvalue weighted by atomic mass is 35.5. The molecule has 1 aliphatic rings. The molecule has 0 saturated carbocycles. The van der Waals surface area contributed by atoms with Gasteiger partial charge in [-0.2, -0.15) is 11.3 Å². The summed E-state index contributed by atoms with van der Waals surface area (Å²) >= 11 is 7.70. The number of hydrogen-bond acceptors (Lipinski definition) is 5. The number of nitrogens with zero attached hydrogens (tertiary/aromatic N) is 2. The van der Waals surface area contributed by atoms with Crippen LogP contribution in [-0.2, 0) is 0 Å². The zero-order chi connectivity index (χ0) is 18.5. The summed E-state index contributed by atoms with van der Waals surface area (Å²) in [6.45, 7) is 2.45. The number of nitro benzene ring substituents is 1. The zero-order valence-corrected chi connectivity index (χ0v) is 15.8. The lowest BCUT2D eigenvalue weighted by atomic mass is 10.0. The standard InChI is InChI=1S/C18H20ClN3O3S/c19-16-5-4-14(22(24)25)10-15(16)18(23)20-11-17(13-6-9-26-12-13)21-7-2-1-3-8-21/h4-6,9-10,12,17H,1-3,7-8,11H2,(H,20,23). The highest BCUT2D eigenvalue weighted by Gasteiger charge is 2.24. The van der Waals surface area contributed by atoms with Crippen molar-refractivity contribution in [3.63, 3.8) is 0 Å². The Morgan fingerprint density at radius 2 is 2.08 bits per heavy atom. The molecule has 1 fully saturated rings. The molecule has 2 aromatic rings. The number of rotatable bonds is 6. The average Bonchev–Trinajstić information content (AvgIpc) is 3.17. The smallest absolute Gasteiger partial charge is 0.270 e. The number of likely N-dealkylation sites (tertiary alicyclic amines) is 1. The van der Waals surface area contributed by atoms with Crippen molar-refractivity contribution < 1.29 is 9.72 Å². The van der Waals surface area contributed by atoms with Crippen molar-refractivity contribution in [2.75, 3.05) is 19.6 Å². The number of amides is 1. The van der Waals surface area contributed by atoms with Gasteiger partial charge in [-0.25, -0.2) is 0 Å². The fourth-order valence-electron chi connectivity index (χ4n) is 3.24. The Kier molecular flexibility index (Phi) is 6.24. The Labute approximate surface area is 160 Å². The number of halogens is 1. The summed E-state index contributed by atoms with van der Waals surface area (Å²) in [5.41, 5.74) is 1.16. The number of nitrogens with one attached hydrogen (secondary N) is 1. The van der Waals surface area contributed by atoms with E-state index in [0.717, 1.165) is 25.9 Å². The highest BCUT2D eigenvalue weighted by molar-refractivity contribution is 7.08. The second kappa shape index (κ2) is 8.62. The topological polar surface area (TPSA) is 75.5 Å². The van der Waals surface area contributed by atoms with Gasteiger partial charge in [0, 0.05) is 18.7 Å². The van der Waals surface area contributed by atoms with Gasteiger partial charge in [0.2, 0.25) is 0 Å². The van der Waals surface area contributed by atoms with Gasteiger partial charge in [0.25, 0.3) is 11.6 Å². The average molecular weight is 394 g/mol. The van der Waals surface area contributed by atoms with Gasteiger partial charge in [-0.05, 0) is 54.4 Å². The summed E-state index contributed by atoms with van der Waals surface area (Å²) in [5, 5.41) is 18.2. The fourth-order valence-corrected chi connectivity index (χ4v) is 4.15. The summed E-state index contributed by atoms with van der Waals surface area (Å²) in [6.07, 6.45) is 3.55. The van der Waals surface area contributed by atoms with Crippen molar-refractivity contribution in [1.29, 1.82) is 0 Å². The minimum absolute atomic E-state index is 0.1000. The molecule has 2 heterocycles. The first kappa shape index (κ1) is 18.8. The Hall–Kier alpha value is -1.96. The molecule has 1 saturated heterocycles. The quantitative estimate of drug-likeness (QED) is 0.587. The van der Waals surface area contributed by atoms with Crippen LogP contribution in [0.2, 0.25) is 5.02 Å². The van der Waals surface area contributed by atoms with E-state index in [0.29, 0.717) is 6.54 Å². The molecule has 1 unspecified atom stereocenters. The van der Waals surface area contributed by atoms with Gasteiger partial charge in [0.15, 0.2) is 0 Å². The molecule has 1 aromatic carbocycles. The molecule has 0 spiro atoms. The van der Waals surface area contributed by atoms with E-state index in [-0.39, 0.29) is 22.3 Å². The number of carbonyl (C=O) groups excluding carboxylic acids is 1. The van der Waals surface area contributed by atoms with Gasteiger partial charge in [-0.1, -0.05) is 18.0 Å². The second-order valence-electron chi connectivity index (χ2n) is 6.30. The van der Waals surface area contributed by atoms with Crippen LogP contribution in [0.3, 0.4) is 0 Å². The van der Waals surface area contributed by atoms with Crippen LogP contribution in [0.5, 0.6) is 0 Å². The van der Waals surface area contributed by atoms with Crippen molar-refractivity contribution in [2.45, 2.75) is 25.3 Å². The van der Waals surface area contributed by atoms with Crippen molar-refractivity contribution in [1.82, 2.24) is 10.2 Å². The summed E-state index contributed by atoms with van der Waals surface area (Å²) in [5.74, 6) is -0.393. The van der Waals surface area contributed by atoms with Crippen LogP contribution in [0.1, 0.15) is 41.2 Å². The molecule has 1 aromatic heterocycles. The normalized spacial score (nSPS) is 16.2. The number of hydrogen-bond donors (Lipinski definition) is 1. The molecular formula is C18H20ClN3O3S. The van der Waals surface area contributed by atoms with Crippen LogP contribution < -0.4 is 5.32 Å². The van der Waals surface area contributed by atoms with E-state index < -0.39 is 10.8 Å². The lowest BCUT2D eigenvalue weighted by molar-refractivity contribution is -0.384. The molecule has 0 radical (unpaired) electrons. The third-order valence-electron chi connectivity index (χ3n) is 4.62. The maximum Gasteiger partial charge on any atom is 0.270 e. The van der Waals surface area contributed by atoms with E-state index in [1.54, 1.807) is 11.3 Å². The molecule has 1 N–H and O–H groups in total. The fraction of sp³-hybridized carbons (Fsp3) is 0.389. The molecule has 6 nitrogen and oxygen atoms in total. The third kappa shape index (κ3) is 4.41. The van der Waals surface area contributed by atoms with Gasteiger partial charge >= 0.3 is 0 Å². The molecule has 8 heteroatoms. The van der Waals surface area contributed by atoms with E-state index in [2.05, 4.69) is 21.7 Å². The second-order valence-corrected chi connectivity index (χ2v) is 7.49. The number of thiophene rings is 1. The first-order valence-corrected chi connectivity index (χ1v) is 9.86. The third-order valence-corrected chi connectivity index (χ3v) is 5.65. The number of non-ortho nitro benzene ring substituents is 1. The Balaban J connectivity index is 1.73. The number of carbonyl (C=O) groups is 1. The SMILES string of the molecule is O=C(NCC(c1ccsc1)N1CCCCC1)c1cc([N+](=O)[O-])ccc1Cl. The lowest BCUT2D eigenvalue weighted by Crippen LogP contribution is -2.40. The van der Waals surface area contributed by atoms with Crippen LogP contribution in [0.4, 0.5) is 5.69 Å². The van der Waals surface area contributed by atoms with Crippen molar-refractivity contribution in [3.05, 3.63) is 61.3 Å². The van der Waals surface area contributed by atoms with Gasteiger partial charge in [-0.15, -0.1) is 0 Å². The van der Waals surface area contributed by atoms with Crippen LogP contribution >= 0.6 is 22.9 Å². The van der Waals surface area contributed by atoms with Gasteiger partial charge in [0.05, 0.1) is 21.6 Å². The molecule has 0 bridgehead atoms. The maximum atomic E-state index is 12.6. The molecular weight excluding hydrogens is 374 g/mol. The number of piperidine rings is 1. The minimum Gasteiger partial charge on any atom is -0.350 e. The van der Waals surface area contributed by atoms with Crippen molar-refractivity contribution in [2.24, 2.45) is 0 Å². The molecule has 138 valence electrons. The predicted octanol–water partition coefficient (Wildman–Crippen LogP) is 4.27. The first-order valence-electron chi connectivity index (χ1n) is 8.54. The van der Waals surface area contributed by atoms with E-state index in [9.17, 15) is 14.9 Å². The van der Waals surface area contributed by atoms with E-state index >= 15 is 0 Å². The van der Waals surface area contributed by atoms with Crippen LogP contribution in [0, 0.1) is 10.1 Å². The first-order chi connectivity index (χ1) is 12.6. The molecule has 26 heavy (non-hydrogen) atoms. The van der Waals surface area contributed by atoms with Crippen molar-refractivity contribution >= 4 is 34.5 Å².